The standard InChI is InChI=1S/C23H27BrN4O3S/c1-23(2,3)20(27-22(30)31)16(12-14-8-6-5-7-9-14)26-21(29)18-13-15(24)19(32-18)17-10-11-25-28(17)4/h5-11,13,16,20,27H,12H2,1-4H3,(H,26,29)(H,30,31). The van der Waals surface area contributed by atoms with Crippen molar-refractivity contribution in [1.82, 2.24) is 20.4 Å². The van der Waals surface area contributed by atoms with Gasteiger partial charge in [-0.2, -0.15) is 5.10 Å². The molecule has 7 nitrogen and oxygen atoms in total. The third-order valence-electron chi connectivity index (χ3n) is 5.19. The van der Waals surface area contributed by atoms with Gasteiger partial charge in [0.25, 0.3) is 5.91 Å². The van der Waals surface area contributed by atoms with Gasteiger partial charge in [-0.15, -0.1) is 11.3 Å². The molecule has 170 valence electrons. The number of carbonyl (C=O) groups is 2. The SMILES string of the molecule is Cn1nccc1-c1sc(C(=O)NC(Cc2ccccc2)C(NC(=O)O)C(C)(C)C)cc1Br. The lowest BCUT2D eigenvalue weighted by molar-refractivity contribution is 0.0904. The fourth-order valence-electron chi connectivity index (χ4n) is 3.67. The Hall–Kier alpha value is -2.65. The highest BCUT2D eigenvalue weighted by atomic mass is 79.9. The molecule has 2 atom stereocenters. The first-order valence-corrected chi connectivity index (χ1v) is 11.8. The average Bonchev–Trinajstić information content (AvgIpc) is 3.30. The highest BCUT2D eigenvalue weighted by molar-refractivity contribution is 9.10. The zero-order valence-electron chi connectivity index (χ0n) is 18.4. The molecule has 0 fully saturated rings. The lowest BCUT2D eigenvalue weighted by Gasteiger charge is -2.37. The minimum atomic E-state index is -1.12. The molecule has 0 spiro atoms. The molecule has 3 N–H and O–H groups in total. The van der Waals surface area contributed by atoms with Gasteiger partial charge in [-0.25, -0.2) is 4.79 Å². The number of hydrogen-bond acceptors (Lipinski definition) is 4. The van der Waals surface area contributed by atoms with Crippen molar-refractivity contribution in [3.05, 3.63) is 63.6 Å². The lowest BCUT2D eigenvalue weighted by Crippen LogP contribution is -2.58. The van der Waals surface area contributed by atoms with Crippen molar-refractivity contribution < 1.29 is 14.7 Å². The summed E-state index contributed by atoms with van der Waals surface area (Å²) in [7, 11) is 1.85. The zero-order chi connectivity index (χ0) is 23.5. The Bertz CT molecular complexity index is 1090. The molecule has 2 unspecified atom stereocenters. The van der Waals surface area contributed by atoms with Crippen LogP contribution >= 0.6 is 27.3 Å². The third-order valence-corrected chi connectivity index (χ3v) is 7.24. The van der Waals surface area contributed by atoms with Gasteiger partial charge in [0, 0.05) is 17.7 Å². The molecule has 3 rings (SSSR count). The van der Waals surface area contributed by atoms with Crippen LogP contribution in [0.4, 0.5) is 4.79 Å². The Labute approximate surface area is 200 Å². The predicted molar refractivity (Wildman–Crippen MR) is 130 cm³/mol. The summed E-state index contributed by atoms with van der Waals surface area (Å²) in [6.07, 6.45) is 1.09. The van der Waals surface area contributed by atoms with Crippen molar-refractivity contribution in [3.63, 3.8) is 0 Å². The van der Waals surface area contributed by atoms with Gasteiger partial charge in [0.05, 0.1) is 27.5 Å². The van der Waals surface area contributed by atoms with Gasteiger partial charge in [-0.3, -0.25) is 9.48 Å². The summed E-state index contributed by atoms with van der Waals surface area (Å²) < 4.78 is 2.56. The molecule has 0 bridgehead atoms. The van der Waals surface area contributed by atoms with E-state index in [-0.39, 0.29) is 5.91 Å². The highest BCUT2D eigenvalue weighted by Crippen LogP contribution is 2.36. The second-order valence-electron chi connectivity index (χ2n) is 8.69. The minimum Gasteiger partial charge on any atom is -0.465 e. The molecule has 2 amide bonds. The van der Waals surface area contributed by atoms with Gasteiger partial charge in [0.2, 0.25) is 0 Å². The number of nitrogens with zero attached hydrogens (tertiary/aromatic N) is 2. The van der Waals surface area contributed by atoms with E-state index in [0.717, 1.165) is 20.6 Å². The Kier molecular flexibility index (Phi) is 7.40. The van der Waals surface area contributed by atoms with E-state index in [0.29, 0.717) is 11.3 Å². The van der Waals surface area contributed by atoms with E-state index in [1.165, 1.54) is 11.3 Å². The second kappa shape index (κ2) is 9.87. The van der Waals surface area contributed by atoms with Crippen molar-refractivity contribution in [2.45, 2.75) is 39.3 Å². The van der Waals surface area contributed by atoms with Crippen molar-refractivity contribution in [1.29, 1.82) is 0 Å². The normalized spacial score (nSPS) is 13.4. The summed E-state index contributed by atoms with van der Waals surface area (Å²) in [5.74, 6) is -0.244. The fourth-order valence-corrected chi connectivity index (χ4v) is 5.50. The summed E-state index contributed by atoms with van der Waals surface area (Å²) >= 11 is 4.92. The Morgan fingerprint density at radius 3 is 2.44 bits per heavy atom. The number of hydrogen-bond donors (Lipinski definition) is 3. The topological polar surface area (TPSA) is 96.3 Å². The van der Waals surface area contributed by atoms with Crippen LogP contribution in [-0.2, 0) is 13.5 Å². The molecule has 32 heavy (non-hydrogen) atoms. The molecule has 9 heteroatoms. The van der Waals surface area contributed by atoms with Crippen LogP contribution in [0.25, 0.3) is 10.6 Å². The van der Waals surface area contributed by atoms with Crippen molar-refractivity contribution >= 4 is 39.3 Å². The van der Waals surface area contributed by atoms with Crippen LogP contribution in [0.1, 0.15) is 36.0 Å². The first kappa shape index (κ1) is 24.0. The van der Waals surface area contributed by atoms with Gasteiger partial charge in [-0.1, -0.05) is 51.1 Å². The molecule has 0 radical (unpaired) electrons. The van der Waals surface area contributed by atoms with Crippen LogP contribution < -0.4 is 10.6 Å². The van der Waals surface area contributed by atoms with Crippen LogP contribution in [0.5, 0.6) is 0 Å². The van der Waals surface area contributed by atoms with Crippen molar-refractivity contribution in [2.24, 2.45) is 12.5 Å². The first-order valence-electron chi connectivity index (χ1n) is 10.2. The molecule has 0 saturated heterocycles. The van der Waals surface area contributed by atoms with Crippen LogP contribution in [-0.4, -0.2) is 39.0 Å². The van der Waals surface area contributed by atoms with E-state index >= 15 is 0 Å². The maximum Gasteiger partial charge on any atom is 0.404 e. The van der Waals surface area contributed by atoms with Crippen LogP contribution in [0.15, 0.2) is 53.1 Å². The van der Waals surface area contributed by atoms with Gasteiger partial charge < -0.3 is 15.7 Å². The maximum atomic E-state index is 13.3. The van der Waals surface area contributed by atoms with Gasteiger partial charge in [0.15, 0.2) is 0 Å². The smallest absolute Gasteiger partial charge is 0.404 e. The molecule has 0 aliphatic rings. The fraction of sp³-hybridized carbons (Fsp3) is 0.348. The van der Waals surface area contributed by atoms with E-state index < -0.39 is 23.6 Å². The molecule has 0 saturated carbocycles. The summed E-state index contributed by atoms with van der Waals surface area (Å²) in [5, 5.41) is 19.4. The Balaban J connectivity index is 1.91. The predicted octanol–water partition coefficient (Wildman–Crippen LogP) is 4.93. The molecule has 0 aliphatic carbocycles. The van der Waals surface area contributed by atoms with Gasteiger partial charge >= 0.3 is 6.09 Å². The van der Waals surface area contributed by atoms with Crippen LogP contribution in [0.3, 0.4) is 0 Å². The quantitative estimate of drug-likeness (QED) is 0.412. The van der Waals surface area contributed by atoms with E-state index in [9.17, 15) is 14.7 Å². The van der Waals surface area contributed by atoms with E-state index in [4.69, 9.17) is 0 Å². The molecule has 0 aliphatic heterocycles. The monoisotopic (exact) mass is 518 g/mol. The lowest BCUT2D eigenvalue weighted by atomic mass is 9.80. The van der Waals surface area contributed by atoms with E-state index in [1.807, 2.05) is 64.2 Å². The number of halogens is 1. The van der Waals surface area contributed by atoms with Crippen LogP contribution in [0.2, 0.25) is 0 Å². The summed E-state index contributed by atoms with van der Waals surface area (Å²) in [4.78, 5) is 26.3. The number of aryl methyl sites for hydroxylation is 1. The second-order valence-corrected chi connectivity index (χ2v) is 10.6. The Morgan fingerprint density at radius 1 is 1.19 bits per heavy atom. The molecule has 2 heterocycles. The first-order chi connectivity index (χ1) is 15.1. The number of carbonyl (C=O) groups excluding carboxylic acids is 1. The summed E-state index contributed by atoms with van der Waals surface area (Å²) in [5.41, 5.74) is 1.50. The third kappa shape index (κ3) is 5.77. The molecule has 3 aromatic rings. The van der Waals surface area contributed by atoms with Crippen molar-refractivity contribution in [2.75, 3.05) is 0 Å². The number of aromatic nitrogens is 2. The number of nitrogens with one attached hydrogen (secondary N) is 2. The number of thiophene rings is 1. The highest BCUT2D eigenvalue weighted by Gasteiger charge is 2.35. The zero-order valence-corrected chi connectivity index (χ0v) is 20.8. The summed E-state index contributed by atoms with van der Waals surface area (Å²) in [6, 6.07) is 12.5. The number of benzene rings is 1. The minimum absolute atomic E-state index is 0.244. The molecular weight excluding hydrogens is 492 g/mol. The average molecular weight is 519 g/mol. The summed E-state index contributed by atoms with van der Waals surface area (Å²) in [6.45, 7) is 5.87. The van der Waals surface area contributed by atoms with Crippen molar-refractivity contribution in [3.8, 4) is 10.6 Å². The van der Waals surface area contributed by atoms with Crippen LogP contribution in [0, 0.1) is 5.41 Å². The number of amides is 2. The molecule has 2 aromatic heterocycles. The number of rotatable bonds is 7. The van der Waals surface area contributed by atoms with Gasteiger partial charge in [-0.05, 0) is 45.5 Å². The Morgan fingerprint density at radius 2 is 1.88 bits per heavy atom. The number of carboxylic acid groups (broad SMARTS) is 1. The molecular formula is C23H27BrN4O3S. The van der Waals surface area contributed by atoms with E-state index in [1.54, 1.807) is 16.9 Å². The van der Waals surface area contributed by atoms with E-state index in [2.05, 4.69) is 31.7 Å². The molecule has 1 aromatic carbocycles. The maximum absolute atomic E-state index is 13.3. The largest absolute Gasteiger partial charge is 0.465 e. The van der Waals surface area contributed by atoms with Gasteiger partial charge in [0.1, 0.15) is 0 Å².